The smallest absolute Gasteiger partial charge is 0.126 e. The fourth-order valence-electron chi connectivity index (χ4n) is 2.50. The third kappa shape index (κ3) is 2.63. The molecule has 0 radical (unpaired) electrons. The van der Waals surface area contributed by atoms with E-state index in [1.807, 2.05) is 19.2 Å². The number of hydrogen-bond donors (Lipinski definition) is 1. The molecule has 2 aromatic rings. The van der Waals surface area contributed by atoms with Crippen LogP contribution in [0.15, 0.2) is 24.3 Å². The SMILES string of the molecule is CCc1c(C)ccc(-c2c(Cl)cc(F)cc2Cl)c1NC. The van der Waals surface area contributed by atoms with Crippen LogP contribution in [0.5, 0.6) is 0 Å². The number of benzene rings is 2. The molecule has 0 bridgehead atoms. The Balaban J connectivity index is 2.77. The Bertz CT molecular complexity index is 630. The van der Waals surface area contributed by atoms with Crippen LogP contribution in [-0.2, 0) is 6.42 Å². The van der Waals surface area contributed by atoms with Crippen molar-refractivity contribution in [3.05, 3.63) is 51.3 Å². The highest BCUT2D eigenvalue weighted by atomic mass is 35.5. The molecular formula is C16H16Cl2FN. The van der Waals surface area contributed by atoms with Crippen molar-refractivity contribution in [3.8, 4) is 11.1 Å². The molecule has 0 unspecified atom stereocenters. The van der Waals surface area contributed by atoms with Gasteiger partial charge in [0.15, 0.2) is 0 Å². The summed E-state index contributed by atoms with van der Waals surface area (Å²) in [6.07, 6.45) is 0.895. The van der Waals surface area contributed by atoms with Crippen LogP contribution in [0, 0.1) is 12.7 Å². The standard InChI is InChI=1S/C16H16Cl2FN/c1-4-11-9(2)5-6-12(16(11)20-3)15-13(17)7-10(19)8-14(15)18/h5-8,20H,4H2,1-3H3. The zero-order chi connectivity index (χ0) is 14.9. The zero-order valence-electron chi connectivity index (χ0n) is 11.7. The van der Waals surface area contributed by atoms with Crippen LogP contribution in [0.1, 0.15) is 18.1 Å². The summed E-state index contributed by atoms with van der Waals surface area (Å²) in [7, 11) is 1.86. The molecule has 0 heterocycles. The summed E-state index contributed by atoms with van der Waals surface area (Å²) >= 11 is 12.4. The first-order chi connectivity index (χ1) is 9.49. The number of nitrogens with one attached hydrogen (secondary N) is 1. The summed E-state index contributed by atoms with van der Waals surface area (Å²) in [6.45, 7) is 4.16. The minimum atomic E-state index is -0.433. The Morgan fingerprint density at radius 2 is 1.75 bits per heavy atom. The molecule has 2 aromatic carbocycles. The largest absolute Gasteiger partial charge is 0.387 e. The molecule has 0 aromatic heterocycles. The Hall–Kier alpha value is -1.25. The molecule has 0 aliphatic carbocycles. The van der Waals surface area contributed by atoms with Crippen molar-refractivity contribution >= 4 is 28.9 Å². The summed E-state index contributed by atoms with van der Waals surface area (Å²) in [6, 6.07) is 6.57. The topological polar surface area (TPSA) is 12.0 Å². The maximum atomic E-state index is 13.3. The van der Waals surface area contributed by atoms with Gasteiger partial charge in [0.25, 0.3) is 0 Å². The highest BCUT2D eigenvalue weighted by Gasteiger charge is 2.16. The lowest BCUT2D eigenvalue weighted by atomic mass is 9.95. The molecule has 0 spiro atoms. The molecular weight excluding hydrogens is 296 g/mol. The van der Waals surface area contributed by atoms with Crippen molar-refractivity contribution in [2.75, 3.05) is 12.4 Å². The molecule has 4 heteroatoms. The lowest BCUT2D eigenvalue weighted by molar-refractivity contribution is 0.628. The molecule has 106 valence electrons. The summed E-state index contributed by atoms with van der Waals surface area (Å²) < 4.78 is 13.3. The van der Waals surface area contributed by atoms with Gasteiger partial charge in [0.05, 0.1) is 10.0 Å². The summed E-state index contributed by atoms with van der Waals surface area (Å²) in [5.41, 5.74) is 4.96. The van der Waals surface area contributed by atoms with Gasteiger partial charge in [-0.15, -0.1) is 0 Å². The van der Waals surface area contributed by atoms with Crippen molar-refractivity contribution in [2.45, 2.75) is 20.3 Å². The van der Waals surface area contributed by atoms with E-state index in [1.165, 1.54) is 23.3 Å². The normalized spacial score (nSPS) is 10.7. The van der Waals surface area contributed by atoms with Crippen molar-refractivity contribution < 1.29 is 4.39 Å². The number of aryl methyl sites for hydroxylation is 1. The van der Waals surface area contributed by atoms with Crippen molar-refractivity contribution in [1.82, 2.24) is 0 Å². The third-order valence-corrected chi connectivity index (χ3v) is 4.02. The third-order valence-electron chi connectivity index (χ3n) is 3.43. The minimum Gasteiger partial charge on any atom is -0.387 e. The number of anilines is 1. The van der Waals surface area contributed by atoms with Crippen LogP contribution in [-0.4, -0.2) is 7.05 Å². The number of rotatable bonds is 3. The van der Waals surface area contributed by atoms with E-state index in [0.29, 0.717) is 15.6 Å². The molecule has 0 saturated carbocycles. The van der Waals surface area contributed by atoms with Gasteiger partial charge in [-0.3, -0.25) is 0 Å². The molecule has 0 amide bonds. The molecule has 0 saturated heterocycles. The monoisotopic (exact) mass is 311 g/mol. The fraction of sp³-hybridized carbons (Fsp3) is 0.250. The van der Waals surface area contributed by atoms with Crippen LogP contribution in [0.25, 0.3) is 11.1 Å². The van der Waals surface area contributed by atoms with E-state index in [-0.39, 0.29) is 0 Å². The second-order valence-corrected chi connectivity index (χ2v) is 5.45. The van der Waals surface area contributed by atoms with Crippen LogP contribution < -0.4 is 5.32 Å². The molecule has 0 aliphatic rings. The van der Waals surface area contributed by atoms with Gasteiger partial charge in [-0.05, 0) is 36.6 Å². The highest BCUT2D eigenvalue weighted by molar-refractivity contribution is 6.39. The van der Waals surface area contributed by atoms with Gasteiger partial charge in [0.1, 0.15) is 5.82 Å². The lowest BCUT2D eigenvalue weighted by Crippen LogP contribution is -2.00. The maximum absolute atomic E-state index is 13.3. The van der Waals surface area contributed by atoms with E-state index in [0.717, 1.165) is 17.7 Å². The van der Waals surface area contributed by atoms with Crippen molar-refractivity contribution in [1.29, 1.82) is 0 Å². The average molecular weight is 312 g/mol. The lowest BCUT2D eigenvalue weighted by Gasteiger charge is -2.18. The summed E-state index contributed by atoms with van der Waals surface area (Å²) in [5, 5.41) is 3.85. The number of hydrogen-bond acceptors (Lipinski definition) is 1. The maximum Gasteiger partial charge on any atom is 0.126 e. The van der Waals surface area contributed by atoms with Crippen LogP contribution in [0.4, 0.5) is 10.1 Å². The van der Waals surface area contributed by atoms with Gasteiger partial charge in [-0.25, -0.2) is 4.39 Å². The van der Waals surface area contributed by atoms with E-state index >= 15 is 0 Å². The molecule has 20 heavy (non-hydrogen) atoms. The first kappa shape index (κ1) is 15.1. The first-order valence-corrected chi connectivity index (χ1v) is 7.20. The van der Waals surface area contributed by atoms with E-state index in [9.17, 15) is 4.39 Å². The minimum absolute atomic E-state index is 0.317. The van der Waals surface area contributed by atoms with Gasteiger partial charge in [0.2, 0.25) is 0 Å². The van der Waals surface area contributed by atoms with E-state index < -0.39 is 5.82 Å². The average Bonchev–Trinajstić information content (AvgIpc) is 2.38. The Labute approximate surface area is 128 Å². The summed E-state index contributed by atoms with van der Waals surface area (Å²) in [5.74, 6) is -0.433. The van der Waals surface area contributed by atoms with Crippen LogP contribution in [0.2, 0.25) is 10.0 Å². The Kier molecular flexibility index (Phi) is 4.56. The molecule has 1 N–H and O–H groups in total. The van der Waals surface area contributed by atoms with Gasteiger partial charge >= 0.3 is 0 Å². The predicted molar refractivity (Wildman–Crippen MR) is 85.5 cm³/mol. The summed E-state index contributed by atoms with van der Waals surface area (Å²) in [4.78, 5) is 0. The highest BCUT2D eigenvalue weighted by Crippen LogP contribution is 2.41. The van der Waals surface area contributed by atoms with Gasteiger partial charge < -0.3 is 5.32 Å². The zero-order valence-corrected chi connectivity index (χ0v) is 13.2. The van der Waals surface area contributed by atoms with Gasteiger partial charge in [0, 0.05) is 23.9 Å². The van der Waals surface area contributed by atoms with Crippen molar-refractivity contribution in [2.24, 2.45) is 0 Å². The van der Waals surface area contributed by atoms with Crippen LogP contribution in [0.3, 0.4) is 0 Å². The molecule has 1 nitrogen and oxygen atoms in total. The second-order valence-electron chi connectivity index (χ2n) is 4.63. The molecule has 2 rings (SSSR count). The predicted octanol–water partition coefficient (Wildman–Crippen LogP) is 5.71. The number of halogens is 3. The molecule has 0 aliphatic heterocycles. The fourth-order valence-corrected chi connectivity index (χ4v) is 3.17. The Morgan fingerprint density at radius 3 is 2.25 bits per heavy atom. The van der Waals surface area contributed by atoms with Gasteiger partial charge in [-0.1, -0.05) is 42.3 Å². The Morgan fingerprint density at radius 1 is 1.15 bits per heavy atom. The first-order valence-electron chi connectivity index (χ1n) is 6.44. The van der Waals surface area contributed by atoms with Crippen molar-refractivity contribution in [3.63, 3.8) is 0 Å². The second kappa shape index (κ2) is 6.02. The van der Waals surface area contributed by atoms with Crippen LogP contribution >= 0.6 is 23.2 Å². The van der Waals surface area contributed by atoms with Gasteiger partial charge in [-0.2, -0.15) is 0 Å². The van der Waals surface area contributed by atoms with E-state index in [4.69, 9.17) is 23.2 Å². The van der Waals surface area contributed by atoms with E-state index in [1.54, 1.807) is 0 Å². The van der Waals surface area contributed by atoms with E-state index in [2.05, 4.69) is 19.2 Å². The quantitative estimate of drug-likeness (QED) is 0.765. The molecule has 0 fully saturated rings. The molecule has 0 atom stereocenters.